The van der Waals surface area contributed by atoms with Gasteiger partial charge in [-0.2, -0.15) is 0 Å². The van der Waals surface area contributed by atoms with Crippen molar-refractivity contribution in [1.82, 2.24) is 9.80 Å². The molecular weight excluding hydrogens is 380 g/mol. The predicted molar refractivity (Wildman–Crippen MR) is 108 cm³/mol. The van der Waals surface area contributed by atoms with Crippen molar-refractivity contribution in [3.8, 4) is 0 Å². The summed E-state index contributed by atoms with van der Waals surface area (Å²) in [7, 11) is 3.34. The largest absolute Gasteiger partial charge is 0.466 e. The molecule has 2 amide bonds. The van der Waals surface area contributed by atoms with E-state index in [4.69, 9.17) is 16.3 Å². The van der Waals surface area contributed by atoms with Gasteiger partial charge in [-0.1, -0.05) is 23.7 Å². The molecule has 1 aliphatic rings. The summed E-state index contributed by atoms with van der Waals surface area (Å²) in [6.45, 7) is 2.96. The molecule has 1 atom stereocenters. The number of hydrogen-bond donors (Lipinski definition) is 0. The molecule has 1 heterocycles. The van der Waals surface area contributed by atoms with Crippen LogP contribution in [-0.2, 0) is 25.5 Å². The zero-order valence-corrected chi connectivity index (χ0v) is 17.6. The molecule has 1 aromatic carbocycles. The Morgan fingerprint density at radius 1 is 1.25 bits per heavy atom. The highest BCUT2D eigenvalue weighted by molar-refractivity contribution is 6.30. The zero-order valence-electron chi connectivity index (χ0n) is 16.9. The quantitative estimate of drug-likeness (QED) is 0.650. The van der Waals surface area contributed by atoms with Crippen LogP contribution in [0.25, 0.3) is 0 Å². The molecular formula is C21H29ClN2O4. The first-order chi connectivity index (χ1) is 13.3. The van der Waals surface area contributed by atoms with Crippen molar-refractivity contribution < 1.29 is 19.1 Å². The Bertz CT molecular complexity index is 722. The SMILES string of the molecule is CCOC(=O)[C@]1(Cc2cccc(Cl)c2)CCCN(C(=O)CCC(=O)N(C)C)C1. The Balaban J connectivity index is 2.16. The van der Waals surface area contributed by atoms with Crippen molar-refractivity contribution >= 4 is 29.4 Å². The molecule has 0 aromatic heterocycles. The van der Waals surface area contributed by atoms with E-state index in [2.05, 4.69) is 0 Å². The number of esters is 1. The summed E-state index contributed by atoms with van der Waals surface area (Å²) < 4.78 is 5.37. The van der Waals surface area contributed by atoms with Crippen LogP contribution in [0.3, 0.4) is 0 Å². The van der Waals surface area contributed by atoms with Gasteiger partial charge in [-0.05, 0) is 43.9 Å². The third kappa shape index (κ3) is 5.71. The number of benzene rings is 1. The van der Waals surface area contributed by atoms with E-state index in [1.165, 1.54) is 4.90 Å². The Hall–Kier alpha value is -2.08. The lowest BCUT2D eigenvalue weighted by Crippen LogP contribution is -2.51. The summed E-state index contributed by atoms with van der Waals surface area (Å²) in [5.41, 5.74) is 0.151. The van der Waals surface area contributed by atoms with Crippen molar-refractivity contribution in [3.63, 3.8) is 0 Å². The fraction of sp³-hybridized carbons (Fsp3) is 0.571. The van der Waals surface area contributed by atoms with Gasteiger partial charge in [0, 0.05) is 45.0 Å². The lowest BCUT2D eigenvalue weighted by molar-refractivity contribution is -0.161. The van der Waals surface area contributed by atoms with Crippen molar-refractivity contribution in [3.05, 3.63) is 34.9 Å². The monoisotopic (exact) mass is 408 g/mol. The van der Waals surface area contributed by atoms with Crippen LogP contribution in [-0.4, -0.2) is 61.4 Å². The van der Waals surface area contributed by atoms with Crippen LogP contribution < -0.4 is 0 Å². The number of rotatable bonds is 7. The van der Waals surface area contributed by atoms with Gasteiger partial charge < -0.3 is 14.5 Å². The molecule has 7 heteroatoms. The Labute approximate surface area is 171 Å². The Morgan fingerprint density at radius 2 is 2.00 bits per heavy atom. The van der Waals surface area contributed by atoms with Crippen molar-refractivity contribution in [2.45, 2.75) is 39.0 Å². The number of nitrogens with zero attached hydrogens (tertiary/aromatic N) is 2. The maximum Gasteiger partial charge on any atom is 0.314 e. The molecule has 6 nitrogen and oxygen atoms in total. The number of likely N-dealkylation sites (tertiary alicyclic amines) is 1. The van der Waals surface area contributed by atoms with E-state index in [9.17, 15) is 14.4 Å². The van der Waals surface area contributed by atoms with E-state index in [-0.39, 0.29) is 30.6 Å². The minimum atomic E-state index is -0.792. The van der Waals surface area contributed by atoms with Crippen LogP contribution in [0.15, 0.2) is 24.3 Å². The first kappa shape index (κ1) is 22.2. The molecule has 1 saturated heterocycles. The van der Waals surface area contributed by atoms with Crippen molar-refractivity contribution in [2.24, 2.45) is 5.41 Å². The highest BCUT2D eigenvalue weighted by Gasteiger charge is 2.44. The van der Waals surface area contributed by atoms with Crippen LogP contribution in [0.1, 0.15) is 38.2 Å². The van der Waals surface area contributed by atoms with E-state index in [1.807, 2.05) is 18.2 Å². The highest BCUT2D eigenvalue weighted by Crippen LogP contribution is 2.36. The number of carbonyl (C=O) groups excluding carboxylic acids is 3. The molecule has 1 fully saturated rings. The average Bonchev–Trinajstić information content (AvgIpc) is 2.66. The smallest absolute Gasteiger partial charge is 0.314 e. The van der Waals surface area contributed by atoms with Crippen LogP contribution in [0.2, 0.25) is 5.02 Å². The number of halogens is 1. The summed E-state index contributed by atoms with van der Waals surface area (Å²) in [4.78, 5) is 40.5. The van der Waals surface area contributed by atoms with Gasteiger partial charge in [0.15, 0.2) is 0 Å². The molecule has 0 aliphatic carbocycles. The summed E-state index contributed by atoms with van der Waals surface area (Å²) in [6.07, 6.45) is 2.15. The van der Waals surface area contributed by atoms with Gasteiger partial charge >= 0.3 is 5.97 Å². The lowest BCUT2D eigenvalue weighted by Gasteiger charge is -2.41. The molecule has 0 N–H and O–H groups in total. The molecule has 0 saturated carbocycles. The standard InChI is InChI=1S/C21H29ClN2O4/c1-4-28-20(27)21(14-16-7-5-8-17(22)13-16)11-6-12-24(15-21)19(26)10-9-18(25)23(2)3/h5,7-8,13H,4,6,9-12,14-15H2,1-3H3/t21-/m0/s1. The molecule has 1 aliphatic heterocycles. The predicted octanol–water partition coefficient (Wildman–Crippen LogP) is 2.92. The number of amides is 2. The van der Waals surface area contributed by atoms with E-state index >= 15 is 0 Å². The summed E-state index contributed by atoms with van der Waals surface area (Å²) >= 11 is 6.11. The maximum absolute atomic E-state index is 12.9. The molecule has 0 radical (unpaired) electrons. The van der Waals surface area contributed by atoms with Crippen molar-refractivity contribution in [2.75, 3.05) is 33.8 Å². The maximum atomic E-state index is 12.9. The summed E-state index contributed by atoms with van der Waals surface area (Å²) in [5.74, 6) is -0.465. The van der Waals surface area contributed by atoms with Gasteiger partial charge in [0.2, 0.25) is 11.8 Å². The second kappa shape index (κ2) is 9.92. The normalized spacial score (nSPS) is 19.2. The number of ether oxygens (including phenoxy) is 1. The summed E-state index contributed by atoms with van der Waals surface area (Å²) in [6, 6.07) is 7.43. The van der Waals surface area contributed by atoms with E-state index in [0.717, 1.165) is 5.56 Å². The average molecular weight is 409 g/mol. The van der Waals surface area contributed by atoms with Crippen LogP contribution >= 0.6 is 11.6 Å². The number of carbonyl (C=O) groups is 3. The topological polar surface area (TPSA) is 66.9 Å². The Morgan fingerprint density at radius 3 is 2.64 bits per heavy atom. The molecule has 2 rings (SSSR count). The minimum absolute atomic E-state index is 0.0825. The second-order valence-electron chi connectivity index (χ2n) is 7.51. The molecule has 0 bridgehead atoms. The lowest BCUT2D eigenvalue weighted by atomic mass is 9.75. The van der Waals surface area contributed by atoms with Gasteiger partial charge in [-0.25, -0.2) is 0 Å². The summed E-state index contributed by atoms with van der Waals surface area (Å²) in [5, 5.41) is 0.613. The molecule has 0 unspecified atom stereocenters. The molecule has 1 aromatic rings. The third-order valence-electron chi connectivity index (χ3n) is 5.12. The second-order valence-corrected chi connectivity index (χ2v) is 7.95. The fourth-order valence-corrected chi connectivity index (χ4v) is 3.86. The number of hydrogen-bond acceptors (Lipinski definition) is 4. The van der Waals surface area contributed by atoms with Crippen LogP contribution in [0.5, 0.6) is 0 Å². The van der Waals surface area contributed by atoms with Gasteiger partial charge in [-0.3, -0.25) is 14.4 Å². The molecule has 0 spiro atoms. The van der Waals surface area contributed by atoms with E-state index < -0.39 is 5.41 Å². The molecule has 154 valence electrons. The fourth-order valence-electron chi connectivity index (χ4n) is 3.65. The van der Waals surface area contributed by atoms with Gasteiger partial charge in [0.25, 0.3) is 0 Å². The van der Waals surface area contributed by atoms with Gasteiger partial charge in [-0.15, -0.1) is 0 Å². The Kier molecular flexibility index (Phi) is 7.87. The van der Waals surface area contributed by atoms with Crippen molar-refractivity contribution in [1.29, 1.82) is 0 Å². The van der Waals surface area contributed by atoms with Gasteiger partial charge in [0.1, 0.15) is 0 Å². The minimum Gasteiger partial charge on any atom is -0.466 e. The van der Waals surface area contributed by atoms with E-state index in [0.29, 0.717) is 44.0 Å². The van der Waals surface area contributed by atoms with Gasteiger partial charge in [0.05, 0.1) is 12.0 Å². The number of piperidine rings is 1. The third-order valence-corrected chi connectivity index (χ3v) is 5.36. The first-order valence-corrected chi connectivity index (χ1v) is 10.0. The van der Waals surface area contributed by atoms with E-state index in [1.54, 1.807) is 32.0 Å². The van der Waals surface area contributed by atoms with Crippen LogP contribution in [0, 0.1) is 5.41 Å². The van der Waals surface area contributed by atoms with Crippen LogP contribution in [0.4, 0.5) is 0 Å². The zero-order chi connectivity index (χ0) is 20.7. The first-order valence-electron chi connectivity index (χ1n) is 9.67. The highest BCUT2D eigenvalue weighted by atomic mass is 35.5. The molecule has 28 heavy (non-hydrogen) atoms.